The molecule has 1 N–H and O–H groups in total. The van der Waals surface area contributed by atoms with E-state index in [-0.39, 0.29) is 23.2 Å². The number of hydrogen-bond donors (Lipinski definition) is 1. The van der Waals surface area contributed by atoms with Gasteiger partial charge in [-0.1, -0.05) is 11.6 Å². The second-order valence-electron chi connectivity index (χ2n) is 9.01. The summed E-state index contributed by atoms with van der Waals surface area (Å²) in [5.41, 5.74) is 2.97. The highest BCUT2D eigenvalue weighted by molar-refractivity contribution is 7.92. The molecule has 1 aromatic carbocycles. The van der Waals surface area contributed by atoms with Gasteiger partial charge in [-0.2, -0.15) is 5.10 Å². The SMILES string of the molecule is Cc1cc(N2CCC2)nc2cc(C3CCCCN3C(=O)c3cc(Cl)ccc3NS(C)(=O)=O)nn12. The smallest absolute Gasteiger partial charge is 0.256 e. The van der Waals surface area contributed by atoms with Gasteiger partial charge in [0, 0.05) is 42.5 Å². The van der Waals surface area contributed by atoms with Gasteiger partial charge < -0.3 is 9.80 Å². The van der Waals surface area contributed by atoms with E-state index in [1.54, 1.807) is 11.0 Å². The minimum absolute atomic E-state index is 0.216. The van der Waals surface area contributed by atoms with E-state index in [2.05, 4.69) is 9.62 Å². The van der Waals surface area contributed by atoms with Gasteiger partial charge in [0.15, 0.2) is 5.65 Å². The molecule has 0 saturated carbocycles. The fourth-order valence-electron chi connectivity index (χ4n) is 4.61. The van der Waals surface area contributed by atoms with E-state index >= 15 is 0 Å². The summed E-state index contributed by atoms with van der Waals surface area (Å²) < 4.78 is 28.0. The maximum absolute atomic E-state index is 13.7. The number of amides is 1. The Hall–Kier alpha value is -2.85. The van der Waals surface area contributed by atoms with Crippen LogP contribution in [0.3, 0.4) is 0 Å². The first-order valence-electron chi connectivity index (χ1n) is 11.4. The van der Waals surface area contributed by atoms with Gasteiger partial charge in [0.25, 0.3) is 5.91 Å². The predicted molar refractivity (Wildman–Crippen MR) is 132 cm³/mol. The van der Waals surface area contributed by atoms with Crippen LogP contribution in [0.1, 0.15) is 53.5 Å². The minimum Gasteiger partial charge on any atom is -0.356 e. The normalized spacial score (nSPS) is 18.7. The van der Waals surface area contributed by atoms with E-state index in [1.807, 2.05) is 23.6 Å². The van der Waals surface area contributed by atoms with Crippen molar-refractivity contribution in [1.82, 2.24) is 19.5 Å². The molecule has 2 saturated heterocycles. The van der Waals surface area contributed by atoms with Crippen LogP contribution in [0.25, 0.3) is 5.65 Å². The lowest BCUT2D eigenvalue weighted by molar-refractivity contribution is 0.0607. The predicted octanol–water partition coefficient (Wildman–Crippen LogP) is 3.64. The fourth-order valence-corrected chi connectivity index (χ4v) is 5.36. The van der Waals surface area contributed by atoms with Crippen LogP contribution in [0.5, 0.6) is 0 Å². The van der Waals surface area contributed by atoms with Crippen molar-refractivity contribution in [3.8, 4) is 0 Å². The molecule has 180 valence electrons. The van der Waals surface area contributed by atoms with Crippen molar-refractivity contribution < 1.29 is 13.2 Å². The Morgan fingerprint density at radius 2 is 1.91 bits per heavy atom. The summed E-state index contributed by atoms with van der Waals surface area (Å²) in [5.74, 6) is 0.677. The summed E-state index contributed by atoms with van der Waals surface area (Å²) in [6, 6.07) is 8.36. The highest BCUT2D eigenvalue weighted by atomic mass is 35.5. The monoisotopic (exact) mass is 502 g/mol. The van der Waals surface area contributed by atoms with Gasteiger partial charge in [0.2, 0.25) is 10.0 Å². The van der Waals surface area contributed by atoms with Crippen molar-refractivity contribution >= 4 is 44.7 Å². The zero-order valence-electron chi connectivity index (χ0n) is 19.2. The van der Waals surface area contributed by atoms with Gasteiger partial charge >= 0.3 is 0 Å². The highest BCUT2D eigenvalue weighted by Crippen LogP contribution is 2.34. The molecule has 34 heavy (non-hydrogen) atoms. The number of nitrogens with zero attached hydrogens (tertiary/aromatic N) is 5. The summed E-state index contributed by atoms with van der Waals surface area (Å²) in [4.78, 5) is 22.5. The Kier molecular flexibility index (Phi) is 5.89. The van der Waals surface area contributed by atoms with E-state index < -0.39 is 10.0 Å². The summed E-state index contributed by atoms with van der Waals surface area (Å²) in [7, 11) is -3.56. The van der Waals surface area contributed by atoms with Crippen LogP contribution < -0.4 is 9.62 Å². The van der Waals surface area contributed by atoms with Crippen LogP contribution in [0.2, 0.25) is 5.02 Å². The zero-order chi connectivity index (χ0) is 24.0. The molecule has 0 radical (unpaired) electrons. The molecule has 9 nitrogen and oxygen atoms in total. The molecule has 4 heterocycles. The Labute approximate surface area is 203 Å². The third kappa shape index (κ3) is 4.44. The second kappa shape index (κ2) is 8.74. The first-order valence-corrected chi connectivity index (χ1v) is 13.7. The summed E-state index contributed by atoms with van der Waals surface area (Å²) in [5, 5.41) is 5.17. The molecule has 1 unspecified atom stereocenters. The number of anilines is 2. The van der Waals surface area contributed by atoms with Gasteiger partial charge in [-0.25, -0.2) is 17.9 Å². The number of rotatable bonds is 5. The van der Waals surface area contributed by atoms with Crippen molar-refractivity contribution in [2.45, 2.75) is 38.6 Å². The first kappa shape index (κ1) is 22.9. The van der Waals surface area contributed by atoms with Gasteiger partial charge in [-0.15, -0.1) is 0 Å². The van der Waals surface area contributed by atoms with E-state index in [0.29, 0.717) is 11.6 Å². The molecule has 3 aromatic rings. The zero-order valence-corrected chi connectivity index (χ0v) is 20.7. The van der Waals surface area contributed by atoms with E-state index in [1.165, 1.54) is 18.6 Å². The maximum Gasteiger partial charge on any atom is 0.256 e. The van der Waals surface area contributed by atoms with Gasteiger partial charge in [0.1, 0.15) is 5.82 Å². The molecule has 0 bridgehead atoms. The number of hydrogen-bond acceptors (Lipinski definition) is 6. The molecule has 2 aliphatic rings. The van der Waals surface area contributed by atoms with Gasteiger partial charge in [0.05, 0.1) is 29.2 Å². The number of sulfonamides is 1. The Bertz CT molecular complexity index is 1370. The number of likely N-dealkylation sites (tertiary alicyclic amines) is 1. The Morgan fingerprint density at radius 1 is 1.12 bits per heavy atom. The quantitative estimate of drug-likeness (QED) is 0.571. The first-order chi connectivity index (χ1) is 16.2. The van der Waals surface area contributed by atoms with E-state index in [0.717, 1.165) is 61.5 Å². The van der Waals surface area contributed by atoms with Gasteiger partial charge in [-0.05, 0) is 50.8 Å². The van der Waals surface area contributed by atoms with E-state index in [4.69, 9.17) is 21.7 Å². The molecule has 0 aliphatic carbocycles. The molecule has 11 heteroatoms. The van der Waals surface area contributed by atoms with Crippen molar-refractivity contribution in [2.24, 2.45) is 0 Å². The second-order valence-corrected chi connectivity index (χ2v) is 11.2. The fraction of sp³-hybridized carbons (Fsp3) is 0.435. The average Bonchev–Trinajstić information content (AvgIpc) is 3.17. The Balaban J connectivity index is 1.51. The van der Waals surface area contributed by atoms with Crippen molar-refractivity contribution in [2.75, 3.05) is 35.5 Å². The summed E-state index contributed by atoms with van der Waals surface area (Å²) in [6.45, 7) is 4.58. The van der Waals surface area contributed by atoms with Crippen molar-refractivity contribution in [1.29, 1.82) is 0 Å². The number of piperidine rings is 1. The molecule has 2 aliphatic heterocycles. The lowest BCUT2D eigenvalue weighted by Crippen LogP contribution is -2.39. The summed E-state index contributed by atoms with van der Waals surface area (Å²) in [6.07, 6.45) is 4.83. The number of halogens is 1. The molecule has 1 atom stereocenters. The number of nitrogens with one attached hydrogen (secondary N) is 1. The standard InChI is InChI=1S/C23H27ClN6O3S/c1-15-12-21(28-9-5-10-28)25-22-14-19(26-30(15)22)20-6-3-4-11-29(20)23(31)17-13-16(24)7-8-18(17)27-34(2,32)33/h7-8,12-14,20,27H,3-6,9-11H2,1-2H3. The lowest BCUT2D eigenvalue weighted by Gasteiger charge is -2.35. The number of carbonyl (C=O) groups excluding carboxylic acids is 1. The largest absolute Gasteiger partial charge is 0.356 e. The van der Waals surface area contributed by atoms with Crippen LogP contribution in [-0.2, 0) is 10.0 Å². The maximum atomic E-state index is 13.7. The topological polar surface area (TPSA) is 99.9 Å². The number of aryl methyl sites for hydroxylation is 1. The molecular formula is C23H27ClN6O3S. The molecule has 2 aromatic heterocycles. The van der Waals surface area contributed by atoms with Crippen molar-refractivity contribution in [3.05, 3.63) is 52.3 Å². The van der Waals surface area contributed by atoms with Crippen LogP contribution in [-0.4, -0.2) is 59.7 Å². The molecule has 5 rings (SSSR count). The van der Waals surface area contributed by atoms with E-state index in [9.17, 15) is 13.2 Å². The van der Waals surface area contributed by atoms with Crippen LogP contribution in [0.4, 0.5) is 11.5 Å². The number of fused-ring (bicyclic) bond motifs is 1. The summed E-state index contributed by atoms with van der Waals surface area (Å²) >= 11 is 6.18. The molecule has 2 fully saturated rings. The van der Waals surface area contributed by atoms with Crippen LogP contribution in [0, 0.1) is 6.92 Å². The number of aromatic nitrogens is 3. The molecule has 1 amide bonds. The minimum atomic E-state index is -3.56. The van der Waals surface area contributed by atoms with Crippen molar-refractivity contribution in [3.63, 3.8) is 0 Å². The third-order valence-corrected chi connectivity index (χ3v) is 7.23. The average molecular weight is 503 g/mol. The molecular weight excluding hydrogens is 476 g/mol. The van der Waals surface area contributed by atoms with Gasteiger partial charge in [-0.3, -0.25) is 9.52 Å². The highest BCUT2D eigenvalue weighted by Gasteiger charge is 2.32. The number of carbonyl (C=O) groups is 1. The Morgan fingerprint density at radius 3 is 2.62 bits per heavy atom. The number of benzene rings is 1. The third-order valence-electron chi connectivity index (χ3n) is 6.40. The lowest BCUT2D eigenvalue weighted by atomic mass is 9.98. The molecule has 0 spiro atoms. The van der Waals surface area contributed by atoms with Crippen LogP contribution in [0.15, 0.2) is 30.3 Å². The van der Waals surface area contributed by atoms with Crippen LogP contribution >= 0.6 is 11.6 Å².